The number of hydrogen-bond donors (Lipinski definition) is 2. The van der Waals surface area contributed by atoms with E-state index in [1.54, 1.807) is 12.3 Å². The first-order valence-electron chi connectivity index (χ1n) is 7.65. The second kappa shape index (κ2) is 6.63. The number of aliphatic carboxylic acids is 1. The zero-order chi connectivity index (χ0) is 16.2. The van der Waals surface area contributed by atoms with Crippen molar-refractivity contribution in [3.63, 3.8) is 0 Å². The van der Waals surface area contributed by atoms with Crippen molar-refractivity contribution >= 4 is 5.97 Å². The summed E-state index contributed by atoms with van der Waals surface area (Å²) >= 11 is 0. The second-order valence-corrected chi connectivity index (χ2v) is 5.88. The van der Waals surface area contributed by atoms with Gasteiger partial charge in [0.2, 0.25) is 0 Å². The van der Waals surface area contributed by atoms with E-state index in [4.69, 9.17) is 5.26 Å². The molecule has 0 saturated carbocycles. The average molecular weight is 310 g/mol. The van der Waals surface area contributed by atoms with Crippen LogP contribution < -0.4 is 0 Å². The minimum absolute atomic E-state index is 0.291. The van der Waals surface area contributed by atoms with Crippen molar-refractivity contribution in [2.45, 2.75) is 19.4 Å². The molecule has 118 valence electrons. The molecule has 0 spiro atoms. The molecule has 1 saturated heterocycles. The minimum Gasteiger partial charge on any atom is -0.481 e. The molecule has 0 bridgehead atoms. The number of carbonyl (C=O) groups is 1. The number of benzene rings is 1. The van der Waals surface area contributed by atoms with Gasteiger partial charge in [0.25, 0.3) is 0 Å². The molecule has 1 fully saturated rings. The summed E-state index contributed by atoms with van der Waals surface area (Å²) in [5, 5.41) is 25.3. The predicted octanol–water partition coefficient (Wildman–Crippen LogP) is 2.24. The third-order valence-corrected chi connectivity index (χ3v) is 4.25. The lowest BCUT2D eigenvalue weighted by molar-refractivity contribution is -0.143. The van der Waals surface area contributed by atoms with E-state index < -0.39 is 5.97 Å². The summed E-state index contributed by atoms with van der Waals surface area (Å²) < 4.78 is 0. The van der Waals surface area contributed by atoms with Crippen LogP contribution in [0.2, 0.25) is 0 Å². The number of aromatic amines is 1. The van der Waals surface area contributed by atoms with Gasteiger partial charge in [-0.3, -0.25) is 14.8 Å². The summed E-state index contributed by atoms with van der Waals surface area (Å²) in [7, 11) is 0. The van der Waals surface area contributed by atoms with E-state index >= 15 is 0 Å². The topological polar surface area (TPSA) is 93.0 Å². The van der Waals surface area contributed by atoms with Gasteiger partial charge >= 0.3 is 5.97 Å². The van der Waals surface area contributed by atoms with Crippen LogP contribution in [0, 0.1) is 17.2 Å². The largest absolute Gasteiger partial charge is 0.481 e. The Kier molecular flexibility index (Phi) is 4.40. The van der Waals surface area contributed by atoms with Gasteiger partial charge in [-0.2, -0.15) is 10.4 Å². The number of carboxylic acid groups (broad SMARTS) is 1. The van der Waals surface area contributed by atoms with Crippen LogP contribution in [-0.2, 0) is 11.3 Å². The fraction of sp³-hybridized carbons (Fsp3) is 0.353. The molecule has 2 aromatic rings. The van der Waals surface area contributed by atoms with E-state index in [0.717, 1.165) is 36.2 Å². The van der Waals surface area contributed by atoms with E-state index in [2.05, 4.69) is 21.2 Å². The zero-order valence-corrected chi connectivity index (χ0v) is 12.7. The molecular formula is C17H18N4O2. The molecule has 2 heterocycles. The van der Waals surface area contributed by atoms with Gasteiger partial charge < -0.3 is 5.11 Å². The van der Waals surface area contributed by atoms with Crippen molar-refractivity contribution in [1.29, 1.82) is 5.26 Å². The third kappa shape index (κ3) is 3.41. The van der Waals surface area contributed by atoms with Gasteiger partial charge in [-0.1, -0.05) is 12.1 Å². The van der Waals surface area contributed by atoms with Crippen LogP contribution in [0.5, 0.6) is 0 Å². The summed E-state index contributed by atoms with van der Waals surface area (Å²) in [6.07, 6.45) is 3.42. The fourth-order valence-corrected chi connectivity index (χ4v) is 3.07. The lowest BCUT2D eigenvalue weighted by atomic mass is 9.97. The van der Waals surface area contributed by atoms with Crippen LogP contribution in [0.15, 0.2) is 30.5 Å². The standard InChI is InChI=1S/C17H18N4O2/c18-8-12-3-1-4-13(7-12)16-15(9-19-20-16)11-21-6-2-5-14(10-21)17(22)23/h1,3-4,7,9,14H,2,5-6,10-11H2,(H,19,20)(H,22,23). The highest BCUT2D eigenvalue weighted by Crippen LogP contribution is 2.25. The van der Waals surface area contributed by atoms with Crippen LogP contribution in [0.3, 0.4) is 0 Å². The molecule has 0 aliphatic carbocycles. The molecule has 6 heteroatoms. The number of nitrogens with one attached hydrogen (secondary N) is 1. The van der Waals surface area contributed by atoms with Gasteiger partial charge in [0.05, 0.1) is 29.4 Å². The number of nitriles is 1. The number of H-pyrrole nitrogens is 1. The Morgan fingerprint density at radius 2 is 2.39 bits per heavy atom. The summed E-state index contributed by atoms with van der Waals surface area (Å²) in [4.78, 5) is 13.3. The van der Waals surface area contributed by atoms with E-state index in [9.17, 15) is 9.90 Å². The maximum Gasteiger partial charge on any atom is 0.307 e. The van der Waals surface area contributed by atoms with Crippen LogP contribution in [0.25, 0.3) is 11.3 Å². The number of carboxylic acids is 1. The molecule has 6 nitrogen and oxygen atoms in total. The normalized spacial score (nSPS) is 18.5. The SMILES string of the molecule is N#Cc1cccc(-c2[nH]ncc2CN2CCCC(C(=O)O)C2)c1. The van der Waals surface area contributed by atoms with Gasteiger partial charge in [0.1, 0.15) is 0 Å². The highest BCUT2D eigenvalue weighted by molar-refractivity contribution is 5.70. The highest BCUT2D eigenvalue weighted by Gasteiger charge is 2.26. The van der Waals surface area contributed by atoms with Crippen molar-refractivity contribution < 1.29 is 9.90 Å². The van der Waals surface area contributed by atoms with Crippen molar-refractivity contribution in [1.82, 2.24) is 15.1 Å². The number of hydrogen-bond acceptors (Lipinski definition) is 4. The van der Waals surface area contributed by atoms with Crippen molar-refractivity contribution in [3.05, 3.63) is 41.6 Å². The van der Waals surface area contributed by atoms with Crippen LogP contribution in [-0.4, -0.2) is 39.3 Å². The first kappa shape index (κ1) is 15.3. The Morgan fingerprint density at radius 3 is 3.17 bits per heavy atom. The highest BCUT2D eigenvalue weighted by atomic mass is 16.4. The smallest absolute Gasteiger partial charge is 0.307 e. The summed E-state index contributed by atoms with van der Waals surface area (Å²) in [6, 6.07) is 9.52. The Labute approximate surface area is 134 Å². The zero-order valence-electron chi connectivity index (χ0n) is 12.7. The van der Waals surface area contributed by atoms with Gasteiger partial charge in [0, 0.05) is 24.2 Å². The summed E-state index contributed by atoms with van der Waals surface area (Å²) in [5.41, 5.74) is 3.43. The Balaban J connectivity index is 1.78. The Bertz CT molecular complexity index is 747. The monoisotopic (exact) mass is 310 g/mol. The van der Waals surface area contributed by atoms with E-state index in [0.29, 0.717) is 18.7 Å². The van der Waals surface area contributed by atoms with Gasteiger partial charge in [-0.15, -0.1) is 0 Å². The van der Waals surface area contributed by atoms with E-state index in [1.165, 1.54) is 0 Å². The minimum atomic E-state index is -0.719. The molecule has 1 aliphatic heterocycles. The first-order chi connectivity index (χ1) is 11.2. The van der Waals surface area contributed by atoms with Crippen molar-refractivity contribution in [3.8, 4) is 17.3 Å². The van der Waals surface area contributed by atoms with Crippen molar-refractivity contribution in [2.75, 3.05) is 13.1 Å². The molecule has 1 aromatic heterocycles. The Hall–Kier alpha value is -2.65. The first-order valence-corrected chi connectivity index (χ1v) is 7.65. The molecule has 1 atom stereocenters. The van der Waals surface area contributed by atoms with Crippen LogP contribution in [0.4, 0.5) is 0 Å². The summed E-state index contributed by atoms with van der Waals surface area (Å²) in [6.45, 7) is 2.12. The average Bonchev–Trinajstić information content (AvgIpc) is 3.03. The molecule has 0 radical (unpaired) electrons. The maximum absolute atomic E-state index is 11.2. The van der Waals surface area contributed by atoms with Crippen LogP contribution >= 0.6 is 0 Å². The van der Waals surface area contributed by atoms with E-state index in [1.807, 2.05) is 18.2 Å². The quantitative estimate of drug-likeness (QED) is 0.903. The molecule has 3 rings (SSSR count). The predicted molar refractivity (Wildman–Crippen MR) is 84.4 cm³/mol. The molecule has 1 unspecified atom stereocenters. The second-order valence-electron chi connectivity index (χ2n) is 5.88. The number of piperidine rings is 1. The molecule has 2 N–H and O–H groups in total. The van der Waals surface area contributed by atoms with Gasteiger partial charge in [0.15, 0.2) is 0 Å². The number of aromatic nitrogens is 2. The lowest BCUT2D eigenvalue weighted by Crippen LogP contribution is -2.38. The lowest BCUT2D eigenvalue weighted by Gasteiger charge is -2.30. The van der Waals surface area contributed by atoms with Gasteiger partial charge in [-0.25, -0.2) is 0 Å². The molecular weight excluding hydrogens is 292 g/mol. The number of likely N-dealkylation sites (tertiary alicyclic amines) is 1. The van der Waals surface area contributed by atoms with Crippen molar-refractivity contribution in [2.24, 2.45) is 5.92 Å². The maximum atomic E-state index is 11.2. The van der Waals surface area contributed by atoms with Gasteiger partial charge in [-0.05, 0) is 31.5 Å². The fourth-order valence-electron chi connectivity index (χ4n) is 3.07. The molecule has 23 heavy (non-hydrogen) atoms. The third-order valence-electron chi connectivity index (χ3n) is 4.25. The molecule has 1 aromatic carbocycles. The van der Waals surface area contributed by atoms with E-state index in [-0.39, 0.29) is 5.92 Å². The number of rotatable bonds is 4. The summed E-state index contributed by atoms with van der Waals surface area (Å²) in [5.74, 6) is -1.01. The van der Waals surface area contributed by atoms with Crippen LogP contribution in [0.1, 0.15) is 24.0 Å². The molecule has 0 amide bonds. The molecule has 1 aliphatic rings. The number of nitrogens with zero attached hydrogens (tertiary/aromatic N) is 3. The Morgan fingerprint density at radius 1 is 1.52 bits per heavy atom.